The number of aromatic nitrogens is 2. The normalized spacial score (nSPS) is 16.0. The second-order valence-electron chi connectivity index (χ2n) is 7.47. The predicted molar refractivity (Wildman–Crippen MR) is 101 cm³/mol. The third-order valence-electron chi connectivity index (χ3n) is 5.00. The van der Waals surface area contributed by atoms with Crippen LogP contribution in [-0.4, -0.2) is 23.7 Å². The number of sulfonamides is 1. The van der Waals surface area contributed by atoms with Crippen LogP contribution in [0.1, 0.15) is 36.8 Å². The van der Waals surface area contributed by atoms with E-state index < -0.39 is 15.6 Å². The summed E-state index contributed by atoms with van der Waals surface area (Å²) in [5, 5.41) is 4.92. The van der Waals surface area contributed by atoms with Gasteiger partial charge in [0.15, 0.2) is 10.8 Å². The van der Waals surface area contributed by atoms with Gasteiger partial charge >= 0.3 is 0 Å². The second-order valence-corrected chi connectivity index (χ2v) is 9.07. The standard InChI is InChI=1S/C19H21N3O4S/c1-12-10-14(26-20-12)11-22-17(23)16-7-5-4-6-15(16)13(2)18(22)27(24,25)21-19(3)8-9-19/h4-7,10,21H,8-9,11H2,1-3H3. The van der Waals surface area contributed by atoms with Crippen molar-refractivity contribution in [1.82, 2.24) is 14.4 Å². The topological polar surface area (TPSA) is 94.2 Å². The number of benzene rings is 1. The van der Waals surface area contributed by atoms with Gasteiger partial charge in [0, 0.05) is 17.0 Å². The van der Waals surface area contributed by atoms with E-state index in [4.69, 9.17) is 4.52 Å². The van der Waals surface area contributed by atoms with Crippen LogP contribution in [-0.2, 0) is 16.6 Å². The van der Waals surface area contributed by atoms with Crippen molar-refractivity contribution in [3.63, 3.8) is 0 Å². The zero-order chi connectivity index (χ0) is 19.4. The number of hydrogen-bond donors (Lipinski definition) is 1. The van der Waals surface area contributed by atoms with Crippen LogP contribution in [0.2, 0.25) is 0 Å². The molecule has 3 aromatic rings. The number of hydrogen-bond acceptors (Lipinski definition) is 5. The van der Waals surface area contributed by atoms with Crippen molar-refractivity contribution < 1.29 is 12.9 Å². The van der Waals surface area contributed by atoms with E-state index in [1.54, 1.807) is 44.2 Å². The zero-order valence-corrected chi connectivity index (χ0v) is 16.3. The van der Waals surface area contributed by atoms with Gasteiger partial charge < -0.3 is 4.52 Å². The molecule has 0 amide bonds. The molecule has 1 fully saturated rings. The van der Waals surface area contributed by atoms with Crippen molar-refractivity contribution in [3.8, 4) is 0 Å². The first kappa shape index (κ1) is 17.9. The van der Waals surface area contributed by atoms with Crippen LogP contribution in [0, 0.1) is 13.8 Å². The molecule has 0 unspecified atom stereocenters. The highest BCUT2D eigenvalue weighted by Crippen LogP contribution is 2.36. The van der Waals surface area contributed by atoms with Gasteiger partial charge in [0.05, 0.1) is 12.2 Å². The fourth-order valence-electron chi connectivity index (χ4n) is 3.35. The average Bonchev–Trinajstić information content (AvgIpc) is 3.17. The minimum atomic E-state index is -3.89. The quantitative estimate of drug-likeness (QED) is 0.726. The Morgan fingerprint density at radius 3 is 2.48 bits per heavy atom. The van der Waals surface area contributed by atoms with E-state index in [9.17, 15) is 13.2 Å². The summed E-state index contributed by atoms with van der Waals surface area (Å²) in [5.41, 5.74) is 0.397. The fourth-order valence-corrected chi connectivity index (χ4v) is 5.25. The molecule has 0 atom stereocenters. The summed E-state index contributed by atoms with van der Waals surface area (Å²) in [4.78, 5) is 13.1. The monoisotopic (exact) mass is 387 g/mol. The lowest BCUT2D eigenvalue weighted by molar-refractivity contribution is 0.367. The third-order valence-corrected chi connectivity index (χ3v) is 6.80. The van der Waals surface area contributed by atoms with E-state index >= 15 is 0 Å². The minimum absolute atomic E-state index is 0.00168. The number of pyridine rings is 1. The maximum atomic E-state index is 13.2. The van der Waals surface area contributed by atoms with Crippen LogP contribution >= 0.6 is 0 Å². The second kappa shape index (κ2) is 6.03. The van der Waals surface area contributed by atoms with Crippen LogP contribution in [0.25, 0.3) is 10.8 Å². The molecule has 4 rings (SSSR count). The maximum Gasteiger partial charge on any atom is 0.259 e. The minimum Gasteiger partial charge on any atom is -0.359 e. The van der Waals surface area contributed by atoms with Gasteiger partial charge in [-0.15, -0.1) is 0 Å². The van der Waals surface area contributed by atoms with E-state index in [2.05, 4.69) is 9.88 Å². The highest BCUT2D eigenvalue weighted by Gasteiger charge is 2.42. The molecule has 0 bridgehead atoms. The van der Waals surface area contributed by atoms with Crippen LogP contribution in [0.4, 0.5) is 0 Å². The van der Waals surface area contributed by atoms with Crippen molar-refractivity contribution in [1.29, 1.82) is 0 Å². The lowest BCUT2D eigenvalue weighted by Crippen LogP contribution is -2.38. The number of nitrogens with one attached hydrogen (secondary N) is 1. The molecule has 0 spiro atoms. The summed E-state index contributed by atoms with van der Waals surface area (Å²) < 4.78 is 35.7. The zero-order valence-electron chi connectivity index (χ0n) is 15.4. The SMILES string of the molecule is Cc1cc(Cn2c(S(=O)(=O)NC3(C)CC3)c(C)c3ccccc3c2=O)on1. The van der Waals surface area contributed by atoms with Gasteiger partial charge in [-0.1, -0.05) is 23.4 Å². The van der Waals surface area contributed by atoms with Gasteiger partial charge in [-0.05, 0) is 50.6 Å². The average molecular weight is 387 g/mol. The van der Waals surface area contributed by atoms with Gasteiger partial charge in [-0.25, -0.2) is 13.1 Å². The molecule has 142 valence electrons. The first-order valence-electron chi connectivity index (χ1n) is 8.78. The molecule has 1 N–H and O–H groups in total. The summed E-state index contributed by atoms with van der Waals surface area (Å²) in [6, 6.07) is 8.74. The van der Waals surface area contributed by atoms with Crippen LogP contribution in [0.5, 0.6) is 0 Å². The van der Waals surface area contributed by atoms with Gasteiger partial charge in [0.1, 0.15) is 0 Å². The molecule has 8 heteroatoms. The Labute approximate surface area is 157 Å². The molecule has 1 aromatic carbocycles. The van der Waals surface area contributed by atoms with E-state index in [-0.39, 0.29) is 17.1 Å². The maximum absolute atomic E-state index is 13.2. The molecule has 2 aromatic heterocycles. The molecule has 0 aliphatic heterocycles. The number of fused-ring (bicyclic) bond motifs is 1. The first-order valence-corrected chi connectivity index (χ1v) is 10.3. The lowest BCUT2D eigenvalue weighted by Gasteiger charge is -2.19. The highest BCUT2D eigenvalue weighted by molar-refractivity contribution is 7.89. The lowest BCUT2D eigenvalue weighted by atomic mass is 10.1. The highest BCUT2D eigenvalue weighted by atomic mass is 32.2. The van der Waals surface area contributed by atoms with Crippen molar-refractivity contribution in [2.24, 2.45) is 0 Å². The number of aryl methyl sites for hydroxylation is 2. The molecule has 1 saturated carbocycles. The van der Waals surface area contributed by atoms with Gasteiger partial charge in [0.2, 0.25) is 0 Å². The van der Waals surface area contributed by atoms with E-state index in [1.807, 2.05) is 6.92 Å². The van der Waals surface area contributed by atoms with Gasteiger partial charge in [-0.2, -0.15) is 0 Å². The molecule has 2 heterocycles. The Morgan fingerprint density at radius 1 is 1.22 bits per heavy atom. The predicted octanol–water partition coefficient (Wildman–Crippen LogP) is 2.49. The Morgan fingerprint density at radius 2 is 1.89 bits per heavy atom. The fraction of sp³-hybridized carbons (Fsp3) is 0.368. The number of rotatable bonds is 5. The van der Waals surface area contributed by atoms with Crippen molar-refractivity contribution in [2.75, 3.05) is 0 Å². The Hall–Kier alpha value is -2.45. The molecular weight excluding hydrogens is 366 g/mol. The Kier molecular flexibility index (Phi) is 4.01. The Bertz CT molecular complexity index is 1200. The Balaban J connectivity index is 1.98. The van der Waals surface area contributed by atoms with Crippen LogP contribution in [0.3, 0.4) is 0 Å². The molecule has 0 radical (unpaired) electrons. The first-order chi connectivity index (χ1) is 12.7. The molecular formula is C19H21N3O4S. The van der Waals surface area contributed by atoms with E-state index in [0.717, 1.165) is 12.8 Å². The van der Waals surface area contributed by atoms with Gasteiger partial charge in [-0.3, -0.25) is 9.36 Å². The van der Waals surface area contributed by atoms with Gasteiger partial charge in [0.25, 0.3) is 15.6 Å². The van der Waals surface area contributed by atoms with Crippen molar-refractivity contribution in [2.45, 2.75) is 50.7 Å². The number of nitrogens with zero attached hydrogens (tertiary/aromatic N) is 2. The summed E-state index contributed by atoms with van der Waals surface area (Å²) in [5.74, 6) is 0.429. The molecule has 27 heavy (non-hydrogen) atoms. The van der Waals surface area contributed by atoms with Crippen molar-refractivity contribution in [3.05, 3.63) is 57.7 Å². The summed E-state index contributed by atoms with van der Waals surface area (Å²) in [6.45, 7) is 5.36. The smallest absolute Gasteiger partial charge is 0.259 e. The summed E-state index contributed by atoms with van der Waals surface area (Å²) in [7, 11) is -3.89. The van der Waals surface area contributed by atoms with E-state index in [1.165, 1.54) is 4.57 Å². The summed E-state index contributed by atoms with van der Waals surface area (Å²) >= 11 is 0. The van der Waals surface area contributed by atoms with E-state index in [0.29, 0.717) is 27.8 Å². The molecule has 1 aliphatic rings. The van der Waals surface area contributed by atoms with Crippen LogP contribution in [0.15, 0.2) is 44.7 Å². The molecule has 0 saturated heterocycles. The van der Waals surface area contributed by atoms with Crippen LogP contribution < -0.4 is 10.3 Å². The van der Waals surface area contributed by atoms with Crippen molar-refractivity contribution >= 4 is 20.8 Å². The molecule has 1 aliphatic carbocycles. The summed E-state index contributed by atoms with van der Waals surface area (Å²) in [6.07, 6.45) is 1.56. The molecule has 7 nitrogen and oxygen atoms in total. The largest absolute Gasteiger partial charge is 0.359 e. The third kappa shape index (κ3) is 3.19.